The summed E-state index contributed by atoms with van der Waals surface area (Å²) in [5.74, 6) is 0.489. The Balaban J connectivity index is 1.48. The molecule has 31 heavy (non-hydrogen) atoms. The third-order valence-electron chi connectivity index (χ3n) is 5.87. The van der Waals surface area contributed by atoms with Crippen LogP contribution in [0.5, 0.6) is 0 Å². The molecule has 0 spiro atoms. The number of benzene rings is 2. The quantitative estimate of drug-likeness (QED) is 0.610. The minimum atomic E-state index is -0.263. The van der Waals surface area contributed by atoms with Gasteiger partial charge >= 0.3 is 0 Å². The van der Waals surface area contributed by atoms with Gasteiger partial charge in [-0.3, -0.25) is 9.69 Å². The van der Waals surface area contributed by atoms with Crippen LogP contribution in [-0.2, 0) is 17.9 Å². The van der Waals surface area contributed by atoms with E-state index in [1.807, 2.05) is 24.3 Å². The molecule has 0 bridgehead atoms. The van der Waals surface area contributed by atoms with Crippen LogP contribution >= 0.6 is 11.6 Å². The largest absolute Gasteiger partial charge is 0.351 e. The predicted molar refractivity (Wildman–Crippen MR) is 119 cm³/mol. The van der Waals surface area contributed by atoms with Gasteiger partial charge in [-0.05, 0) is 45.5 Å². The van der Waals surface area contributed by atoms with Crippen molar-refractivity contribution in [3.8, 4) is 0 Å². The highest BCUT2D eigenvalue weighted by Crippen LogP contribution is 2.29. The van der Waals surface area contributed by atoms with E-state index in [0.29, 0.717) is 37.0 Å². The number of nitrogens with one attached hydrogen (secondary N) is 1. The van der Waals surface area contributed by atoms with Gasteiger partial charge in [0.25, 0.3) is 0 Å². The van der Waals surface area contributed by atoms with E-state index >= 15 is 0 Å². The topological polar surface area (TPSA) is 75.9 Å². The number of nitrogens with zero attached hydrogens (tertiary/aromatic N) is 5. The molecule has 1 aliphatic rings. The maximum atomic E-state index is 13.1. The molecule has 2 heterocycles. The van der Waals surface area contributed by atoms with E-state index in [0.717, 1.165) is 5.56 Å². The summed E-state index contributed by atoms with van der Waals surface area (Å²) in [7, 11) is 0. The first-order valence-electron chi connectivity index (χ1n) is 10.6. The van der Waals surface area contributed by atoms with E-state index in [-0.39, 0.29) is 18.0 Å². The highest BCUT2D eigenvalue weighted by atomic mass is 35.5. The third kappa shape index (κ3) is 5.11. The number of hydrogen-bond acceptors (Lipinski definition) is 5. The van der Waals surface area contributed by atoms with Crippen molar-refractivity contribution >= 4 is 17.5 Å². The van der Waals surface area contributed by atoms with Crippen LogP contribution in [0.1, 0.15) is 48.9 Å². The Morgan fingerprint density at radius 2 is 1.97 bits per heavy atom. The average molecular weight is 439 g/mol. The van der Waals surface area contributed by atoms with Crippen LogP contribution in [0, 0.1) is 0 Å². The molecule has 0 radical (unpaired) electrons. The van der Waals surface area contributed by atoms with Crippen molar-refractivity contribution in [1.82, 2.24) is 30.4 Å². The lowest BCUT2D eigenvalue weighted by Gasteiger charge is -2.24. The molecule has 1 saturated heterocycles. The Hall–Kier alpha value is -2.77. The fourth-order valence-electron chi connectivity index (χ4n) is 4.04. The summed E-state index contributed by atoms with van der Waals surface area (Å²) in [6, 6.07) is 16.0. The summed E-state index contributed by atoms with van der Waals surface area (Å²) >= 11 is 6.24. The Morgan fingerprint density at radius 3 is 2.65 bits per heavy atom. The molecule has 3 aromatic rings. The highest BCUT2D eigenvalue weighted by Gasteiger charge is 2.38. The molecule has 1 fully saturated rings. The zero-order valence-electron chi connectivity index (χ0n) is 17.8. The molecule has 2 atom stereocenters. The smallest absolute Gasteiger partial charge is 0.237 e. The third-order valence-corrected chi connectivity index (χ3v) is 6.23. The first-order chi connectivity index (χ1) is 15.0. The van der Waals surface area contributed by atoms with Crippen LogP contribution in [0.3, 0.4) is 0 Å². The van der Waals surface area contributed by atoms with Crippen molar-refractivity contribution in [2.75, 3.05) is 6.54 Å². The second kappa shape index (κ2) is 9.58. The first-order valence-corrected chi connectivity index (χ1v) is 11.0. The minimum absolute atomic E-state index is 0.00528. The molecule has 4 rings (SSSR count). The highest BCUT2D eigenvalue weighted by molar-refractivity contribution is 6.31. The fourth-order valence-corrected chi connectivity index (χ4v) is 4.24. The maximum Gasteiger partial charge on any atom is 0.237 e. The summed E-state index contributed by atoms with van der Waals surface area (Å²) in [6.45, 7) is 6.18. The Kier molecular flexibility index (Phi) is 6.63. The number of carbonyl (C=O) groups excluding carboxylic acids is 1. The molecule has 1 N–H and O–H groups in total. The molecular formula is C23H27ClN6O. The van der Waals surface area contributed by atoms with Gasteiger partial charge in [-0.25, -0.2) is 4.68 Å². The summed E-state index contributed by atoms with van der Waals surface area (Å²) in [4.78, 5) is 15.3. The van der Waals surface area contributed by atoms with Gasteiger partial charge in [0, 0.05) is 24.7 Å². The molecule has 0 aliphatic carbocycles. The molecule has 0 saturated carbocycles. The normalized spacial score (nSPS) is 19.1. The van der Waals surface area contributed by atoms with Crippen molar-refractivity contribution in [1.29, 1.82) is 0 Å². The van der Waals surface area contributed by atoms with E-state index in [9.17, 15) is 4.79 Å². The van der Waals surface area contributed by atoms with Crippen LogP contribution in [0.15, 0.2) is 54.9 Å². The van der Waals surface area contributed by atoms with E-state index in [1.54, 1.807) is 11.0 Å². The molecule has 1 aliphatic heterocycles. The summed E-state index contributed by atoms with van der Waals surface area (Å²) < 4.78 is 1.75. The number of hydrogen-bond donors (Lipinski definition) is 1. The minimum Gasteiger partial charge on any atom is -0.351 e. The van der Waals surface area contributed by atoms with Crippen molar-refractivity contribution in [2.24, 2.45) is 0 Å². The first kappa shape index (κ1) is 21.5. The summed E-state index contributed by atoms with van der Waals surface area (Å²) in [5.41, 5.74) is 3.40. The number of carbonyl (C=O) groups is 1. The van der Waals surface area contributed by atoms with Crippen molar-refractivity contribution in [2.45, 2.75) is 51.4 Å². The second-order valence-electron chi connectivity index (χ2n) is 8.33. The van der Waals surface area contributed by atoms with Crippen LogP contribution in [0.4, 0.5) is 0 Å². The molecule has 8 heteroatoms. The van der Waals surface area contributed by atoms with Crippen LogP contribution in [-0.4, -0.2) is 43.6 Å². The number of tetrazole rings is 1. The van der Waals surface area contributed by atoms with E-state index in [2.05, 4.69) is 63.9 Å². The Labute approximate surface area is 187 Å². The average Bonchev–Trinajstić information content (AvgIpc) is 3.43. The Morgan fingerprint density at radius 1 is 1.19 bits per heavy atom. The number of likely N-dealkylation sites (tertiary alicyclic amines) is 1. The zero-order valence-corrected chi connectivity index (χ0v) is 18.5. The molecule has 162 valence electrons. The zero-order chi connectivity index (χ0) is 21.8. The van der Waals surface area contributed by atoms with Gasteiger partial charge in [-0.1, -0.05) is 67.9 Å². The lowest BCUT2D eigenvalue weighted by molar-refractivity contribution is -0.125. The monoisotopic (exact) mass is 438 g/mol. The van der Waals surface area contributed by atoms with Gasteiger partial charge < -0.3 is 5.32 Å². The molecule has 1 aromatic heterocycles. The maximum absolute atomic E-state index is 13.1. The van der Waals surface area contributed by atoms with E-state index in [1.165, 1.54) is 11.1 Å². The summed E-state index contributed by atoms with van der Waals surface area (Å²) in [5, 5.41) is 15.3. The predicted octanol–water partition coefficient (Wildman–Crippen LogP) is 3.58. The van der Waals surface area contributed by atoms with Gasteiger partial charge in [-0.2, -0.15) is 0 Å². The molecule has 0 unspecified atom stereocenters. The van der Waals surface area contributed by atoms with Crippen LogP contribution in [0.25, 0.3) is 0 Å². The lowest BCUT2D eigenvalue weighted by Crippen LogP contribution is -2.42. The standard InChI is InChI=1S/C23H27ClN6O/c1-16(2)18-9-7-17(8-10-18)13-29-14-20(30-15-26-27-28-30)11-22(29)23(31)25-12-19-5-3-4-6-21(19)24/h3-10,15-16,20,22H,11-14H2,1-2H3,(H,25,31)/t20-,22+/m1/s1. The van der Waals surface area contributed by atoms with Crippen molar-refractivity contribution in [3.05, 3.63) is 76.6 Å². The van der Waals surface area contributed by atoms with Gasteiger partial charge in [0.15, 0.2) is 0 Å². The number of aromatic nitrogens is 4. The number of amides is 1. The fraction of sp³-hybridized carbons (Fsp3) is 0.391. The second-order valence-corrected chi connectivity index (χ2v) is 8.74. The SMILES string of the molecule is CC(C)c1ccc(CN2C[C@H](n3cnnn3)C[C@H]2C(=O)NCc2ccccc2Cl)cc1. The Bertz CT molecular complexity index is 1010. The van der Waals surface area contributed by atoms with Crippen LogP contribution < -0.4 is 5.32 Å². The van der Waals surface area contributed by atoms with Gasteiger partial charge in [0.2, 0.25) is 5.91 Å². The van der Waals surface area contributed by atoms with E-state index in [4.69, 9.17) is 11.6 Å². The number of halogens is 1. The summed E-state index contributed by atoms with van der Waals surface area (Å²) in [6.07, 6.45) is 2.27. The van der Waals surface area contributed by atoms with Gasteiger partial charge in [-0.15, -0.1) is 5.10 Å². The van der Waals surface area contributed by atoms with Crippen molar-refractivity contribution < 1.29 is 4.79 Å². The van der Waals surface area contributed by atoms with E-state index < -0.39 is 0 Å². The van der Waals surface area contributed by atoms with Crippen molar-refractivity contribution in [3.63, 3.8) is 0 Å². The molecule has 2 aromatic carbocycles. The number of rotatable bonds is 7. The van der Waals surface area contributed by atoms with Gasteiger partial charge in [0.1, 0.15) is 6.33 Å². The molecule has 1 amide bonds. The molecular weight excluding hydrogens is 412 g/mol. The van der Waals surface area contributed by atoms with Crippen LogP contribution in [0.2, 0.25) is 5.02 Å². The molecule has 7 nitrogen and oxygen atoms in total. The van der Waals surface area contributed by atoms with Gasteiger partial charge in [0.05, 0.1) is 12.1 Å². The lowest BCUT2D eigenvalue weighted by atomic mass is 10.0.